The van der Waals surface area contributed by atoms with Crippen molar-refractivity contribution >= 4 is 15.9 Å². The lowest BCUT2D eigenvalue weighted by atomic mass is 10.1. The molecule has 2 N–H and O–H groups in total. The molecule has 0 fully saturated rings. The molecule has 8 heteroatoms. The SMILES string of the molecule is NC(=O)c1ccn(S(=O)(=O)c2cccnc2-c2ccccc2F)c1. The Morgan fingerprint density at radius 3 is 2.54 bits per heavy atom. The normalized spacial score (nSPS) is 11.4. The highest BCUT2D eigenvalue weighted by Crippen LogP contribution is 2.28. The zero-order chi connectivity index (χ0) is 17.3. The van der Waals surface area contributed by atoms with Gasteiger partial charge >= 0.3 is 0 Å². The van der Waals surface area contributed by atoms with E-state index < -0.39 is 21.7 Å². The lowest BCUT2D eigenvalue weighted by Crippen LogP contribution is -2.14. The van der Waals surface area contributed by atoms with E-state index in [-0.39, 0.29) is 21.7 Å². The Morgan fingerprint density at radius 1 is 1.12 bits per heavy atom. The van der Waals surface area contributed by atoms with Gasteiger partial charge in [0.1, 0.15) is 10.7 Å². The van der Waals surface area contributed by atoms with Crippen molar-refractivity contribution in [3.63, 3.8) is 0 Å². The van der Waals surface area contributed by atoms with E-state index in [9.17, 15) is 17.6 Å². The van der Waals surface area contributed by atoms with E-state index in [0.29, 0.717) is 0 Å². The predicted molar refractivity (Wildman–Crippen MR) is 85.2 cm³/mol. The molecule has 3 aromatic rings. The van der Waals surface area contributed by atoms with Crippen molar-refractivity contribution in [3.05, 3.63) is 72.4 Å². The number of carbonyl (C=O) groups is 1. The molecule has 122 valence electrons. The van der Waals surface area contributed by atoms with Crippen LogP contribution in [0.1, 0.15) is 10.4 Å². The fourth-order valence-electron chi connectivity index (χ4n) is 2.24. The first-order valence-corrected chi connectivity index (χ1v) is 8.28. The van der Waals surface area contributed by atoms with E-state index >= 15 is 0 Å². The molecule has 0 saturated carbocycles. The highest BCUT2D eigenvalue weighted by molar-refractivity contribution is 7.90. The molecule has 0 radical (unpaired) electrons. The van der Waals surface area contributed by atoms with Gasteiger partial charge in [0.25, 0.3) is 10.0 Å². The van der Waals surface area contributed by atoms with Crippen LogP contribution in [0.15, 0.2) is 66.0 Å². The number of carbonyl (C=O) groups excluding carboxylic acids is 1. The predicted octanol–water partition coefficient (Wildman–Crippen LogP) is 2.03. The minimum absolute atomic E-state index is 0.00933. The summed E-state index contributed by atoms with van der Waals surface area (Å²) < 4.78 is 40.6. The van der Waals surface area contributed by atoms with Crippen LogP contribution in [0.3, 0.4) is 0 Å². The third kappa shape index (κ3) is 2.67. The average Bonchev–Trinajstić information content (AvgIpc) is 3.06. The molecule has 2 aromatic heterocycles. The van der Waals surface area contributed by atoms with Crippen molar-refractivity contribution in [1.29, 1.82) is 0 Å². The van der Waals surface area contributed by atoms with E-state index in [0.717, 1.165) is 10.2 Å². The Kier molecular flexibility index (Phi) is 3.90. The second kappa shape index (κ2) is 5.89. The van der Waals surface area contributed by atoms with Crippen LogP contribution in [0.4, 0.5) is 4.39 Å². The smallest absolute Gasteiger partial charge is 0.269 e. The van der Waals surface area contributed by atoms with Crippen LogP contribution in [0, 0.1) is 5.82 Å². The molecule has 0 aliphatic heterocycles. The Morgan fingerprint density at radius 2 is 1.88 bits per heavy atom. The number of primary amides is 1. The van der Waals surface area contributed by atoms with Crippen molar-refractivity contribution in [3.8, 4) is 11.3 Å². The molecule has 3 rings (SSSR count). The van der Waals surface area contributed by atoms with E-state index in [2.05, 4.69) is 4.98 Å². The molecule has 1 aromatic carbocycles. The Hall–Kier alpha value is -3.00. The number of nitrogens with zero attached hydrogens (tertiary/aromatic N) is 2. The van der Waals surface area contributed by atoms with Gasteiger partial charge in [-0.05, 0) is 30.3 Å². The highest BCUT2D eigenvalue weighted by atomic mass is 32.2. The number of hydrogen-bond donors (Lipinski definition) is 1. The molecule has 0 atom stereocenters. The maximum Gasteiger partial charge on any atom is 0.269 e. The Balaban J connectivity index is 2.19. The molecular formula is C16H12FN3O3S. The van der Waals surface area contributed by atoms with Crippen molar-refractivity contribution < 1.29 is 17.6 Å². The quantitative estimate of drug-likeness (QED) is 0.782. The van der Waals surface area contributed by atoms with Crippen LogP contribution in [0.25, 0.3) is 11.3 Å². The lowest BCUT2D eigenvalue weighted by Gasteiger charge is -2.11. The minimum atomic E-state index is -4.07. The van der Waals surface area contributed by atoms with Gasteiger partial charge in [-0.3, -0.25) is 9.78 Å². The number of hydrogen-bond acceptors (Lipinski definition) is 4. The molecule has 2 heterocycles. The standard InChI is InChI=1S/C16H12FN3O3S/c17-13-5-2-1-4-12(13)15-14(6-3-8-19-15)24(22,23)20-9-7-11(10-20)16(18)21/h1-10H,(H2,18,21). The molecule has 0 unspecified atom stereocenters. The largest absolute Gasteiger partial charge is 0.366 e. The number of benzene rings is 1. The summed E-state index contributed by atoms with van der Waals surface area (Å²) in [5.74, 6) is -1.33. The summed E-state index contributed by atoms with van der Waals surface area (Å²) >= 11 is 0. The zero-order valence-corrected chi connectivity index (χ0v) is 13.1. The van der Waals surface area contributed by atoms with Gasteiger partial charge in [0.2, 0.25) is 5.91 Å². The first-order chi connectivity index (χ1) is 11.4. The van der Waals surface area contributed by atoms with E-state index in [1.165, 1.54) is 48.8 Å². The van der Waals surface area contributed by atoms with Crippen LogP contribution >= 0.6 is 0 Å². The van der Waals surface area contributed by atoms with Crippen molar-refractivity contribution in [2.45, 2.75) is 4.90 Å². The number of pyridine rings is 1. The molecule has 0 aliphatic rings. The summed E-state index contributed by atoms with van der Waals surface area (Å²) in [6, 6.07) is 9.82. The van der Waals surface area contributed by atoms with E-state index in [4.69, 9.17) is 5.73 Å². The molecule has 0 aliphatic carbocycles. The maximum absolute atomic E-state index is 14.1. The topological polar surface area (TPSA) is 95.0 Å². The van der Waals surface area contributed by atoms with Gasteiger partial charge in [0.05, 0.1) is 11.3 Å². The van der Waals surface area contributed by atoms with Crippen molar-refractivity contribution in [2.75, 3.05) is 0 Å². The summed E-state index contributed by atoms with van der Waals surface area (Å²) in [6.07, 6.45) is 3.69. The van der Waals surface area contributed by atoms with Gasteiger partial charge in [-0.2, -0.15) is 0 Å². The van der Waals surface area contributed by atoms with Crippen LogP contribution in [-0.4, -0.2) is 23.3 Å². The van der Waals surface area contributed by atoms with E-state index in [1.807, 2.05) is 0 Å². The summed E-state index contributed by atoms with van der Waals surface area (Å²) in [6.45, 7) is 0. The summed E-state index contributed by atoms with van der Waals surface area (Å²) in [5, 5.41) is 0. The molecule has 6 nitrogen and oxygen atoms in total. The average molecular weight is 345 g/mol. The molecular weight excluding hydrogens is 333 g/mol. The Bertz CT molecular complexity index is 1030. The first-order valence-electron chi connectivity index (χ1n) is 6.84. The van der Waals surface area contributed by atoms with Crippen LogP contribution in [-0.2, 0) is 10.0 Å². The van der Waals surface area contributed by atoms with Gasteiger partial charge in [-0.15, -0.1) is 0 Å². The second-order valence-electron chi connectivity index (χ2n) is 4.93. The minimum Gasteiger partial charge on any atom is -0.366 e. The third-order valence-electron chi connectivity index (χ3n) is 3.41. The van der Waals surface area contributed by atoms with Crippen LogP contribution < -0.4 is 5.73 Å². The first kappa shape index (κ1) is 15.9. The maximum atomic E-state index is 14.1. The van der Waals surface area contributed by atoms with Crippen LogP contribution in [0.2, 0.25) is 0 Å². The number of halogens is 1. The van der Waals surface area contributed by atoms with Crippen LogP contribution in [0.5, 0.6) is 0 Å². The molecule has 24 heavy (non-hydrogen) atoms. The van der Waals surface area contributed by atoms with Gasteiger partial charge in [0, 0.05) is 24.2 Å². The Labute approximate surface area is 137 Å². The van der Waals surface area contributed by atoms with Gasteiger partial charge < -0.3 is 5.73 Å². The third-order valence-corrected chi connectivity index (χ3v) is 5.07. The van der Waals surface area contributed by atoms with Gasteiger partial charge in [-0.1, -0.05) is 12.1 Å². The highest BCUT2D eigenvalue weighted by Gasteiger charge is 2.24. The second-order valence-corrected chi connectivity index (χ2v) is 6.74. The zero-order valence-electron chi connectivity index (χ0n) is 12.3. The monoisotopic (exact) mass is 345 g/mol. The fraction of sp³-hybridized carbons (Fsp3) is 0. The van der Waals surface area contributed by atoms with Crippen molar-refractivity contribution in [1.82, 2.24) is 8.96 Å². The lowest BCUT2D eigenvalue weighted by molar-refractivity contribution is 0.100. The van der Waals surface area contributed by atoms with Crippen molar-refractivity contribution in [2.24, 2.45) is 5.73 Å². The summed E-state index contributed by atoms with van der Waals surface area (Å²) in [4.78, 5) is 15.0. The van der Waals surface area contributed by atoms with Gasteiger partial charge in [0.15, 0.2) is 0 Å². The number of amides is 1. The summed E-state index contributed by atoms with van der Waals surface area (Å²) in [7, 11) is -4.07. The summed E-state index contributed by atoms with van der Waals surface area (Å²) in [5.41, 5.74) is 5.25. The molecule has 0 spiro atoms. The fourth-order valence-corrected chi connectivity index (χ4v) is 3.60. The molecule has 1 amide bonds. The van der Waals surface area contributed by atoms with Gasteiger partial charge in [-0.25, -0.2) is 16.8 Å². The number of aromatic nitrogens is 2. The molecule has 0 saturated heterocycles. The number of nitrogens with two attached hydrogens (primary N) is 1. The molecule has 0 bridgehead atoms. The van der Waals surface area contributed by atoms with E-state index in [1.54, 1.807) is 6.07 Å². The number of rotatable bonds is 4.